The van der Waals surface area contributed by atoms with Crippen LogP contribution in [0.5, 0.6) is 0 Å². The lowest BCUT2D eigenvalue weighted by atomic mass is 10.2. The van der Waals surface area contributed by atoms with Gasteiger partial charge in [0.15, 0.2) is 0 Å². The van der Waals surface area contributed by atoms with Crippen molar-refractivity contribution in [3.05, 3.63) is 28.2 Å². The SMILES string of the molecule is CC(C)(C)OC(=O)NCCSCC(=O)Nc1cc(Cl)cc(Cl)c1. The van der Waals surface area contributed by atoms with Crippen LogP contribution in [-0.4, -0.2) is 35.7 Å². The quantitative estimate of drug-likeness (QED) is 0.728. The molecule has 0 aliphatic rings. The predicted molar refractivity (Wildman–Crippen MR) is 96.7 cm³/mol. The molecule has 0 aromatic heterocycles. The number of benzene rings is 1. The van der Waals surface area contributed by atoms with Gasteiger partial charge in [0.05, 0.1) is 5.75 Å². The number of hydrogen-bond donors (Lipinski definition) is 2. The highest BCUT2D eigenvalue weighted by atomic mass is 35.5. The molecule has 0 radical (unpaired) electrons. The van der Waals surface area contributed by atoms with Crippen LogP contribution in [0, 0.1) is 0 Å². The van der Waals surface area contributed by atoms with E-state index in [2.05, 4.69) is 10.6 Å². The number of nitrogens with one attached hydrogen (secondary N) is 2. The maximum atomic E-state index is 11.8. The standard InChI is InChI=1S/C15H20Cl2N2O3S/c1-15(2,3)22-14(21)18-4-5-23-9-13(20)19-12-7-10(16)6-11(17)8-12/h6-8H,4-5,9H2,1-3H3,(H,18,21)(H,19,20). The Hall–Kier alpha value is -1.11. The largest absolute Gasteiger partial charge is 0.444 e. The summed E-state index contributed by atoms with van der Waals surface area (Å²) in [4.78, 5) is 23.2. The molecule has 1 rings (SSSR count). The van der Waals surface area contributed by atoms with Gasteiger partial charge in [0.2, 0.25) is 5.91 Å². The first-order valence-electron chi connectivity index (χ1n) is 6.96. The van der Waals surface area contributed by atoms with Gasteiger partial charge >= 0.3 is 6.09 Å². The van der Waals surface area contributed by atoms with Gasteiger partial charge in [-0.25, -0.2) is 4.79 Å². The molecule has 1 aromatic rings. The second-order valence-electron chi connectivity index (χ2n) is 5.69. The summed E-state index contributed by atoms with van der Waals surface area (Å²) < 4.78 is 5.10. The molecule has 0 unspecified atom stereocenters. The number of halogens is 2. The average molecular weight is 379 g/mol. The van der Waals surface area contributed by atoms with Crippen LogP contribution < -0.4 is 10.6 Å². The molecule has 0 aliphatic heterocycles. The van der Waals surface area contributed by atoms with Crippen LogP contribution in [0.2, 0.25) is 10.0 Å². The van der Waals surface area contributed by atoms with Gasteiger partial charge in [-0.2, -0.15) is 11.8 Å². The van der Waals surface area contributed by atoms with E-state index in [1.807, 2.05) is 0 Å². The van der Waals surface area contributed by atoms with Crippen molar-refractivity contribution in [1.82, 2.24) is 5.32 Å². The minimum absolute atomic E-state index is 0.161. The Bertz CT molecular complexity index is 542. The average Bonchev–Trinajstić information content (AvgIpc) is 2.34. The third-order valence-electron chi connectivity index (χ3n) is 2.29. The lowest BCUT2D eigenvalue weighted by Crippen LogP contribution is -2.33. The number of carbonyl (C=O) groups is 2. The highest BCUT2D eigenvalue weighted by Crippen LogP contribution is 2.22. The fourth-order valence-electron chi connectivity index (χ4n) is 1.53. The molecule has 0 saturated heterocycles. The highest BCUT2D eigenvalue weighted by Gasteiger charge is 2.15. The predicted octanol–water partition coefficient (Wildman–Crippen LogP) is 4.19. The fraction of sp³-hybridized carbons (Fsp3) is 0.467. The van der Waals surface area contributed by atoms with Crippen molar-refractivity contribution in [3.63, 3.8) is 0 Å². The molecule has 0 saturated carbocycles. The summed E-state index contributed by atoms with van der Waals surface area (Å²) in [5.74, 6) is 0.703. The van der Waals surface area contributed by atoms with E-state index in [9.17, 15) is 9.59 Å². The Balaban J connectivity index is 2.21. The maximum absolute atomic E-state index is 11.8. The highest BCUT2D eigenvalue weighted by molar-refractivity contribution is 7.99. The van der Waals surface area contributed by atoms with Crippen LogP contribution in [0.15, 0.2) is 18.2 Å². The van der Waals surface area contributed by atoms with E-state index < -0.39 is 11.7 Å². The van der Waals surface area contributed by atoms with E-state index in [0.717, 1.165) is 0 Å². The second-order valence-corrected chi connectivity index (χ2v) is 7.67. The Morgan fingerprint density at radius 3 is 2.35 bits per heavy atom. The van der Waals surface area contributed by atoms with Crippen molar-refractivity contribution in [2.45, 2.75) is 26.4 Å². The zero-order valence-electron chi connectivity index (χ0n) is 13.2. The molecule has 1 aromatic carbocycles. The second kappa shape index (κ2) is 9.25. The Labute approximate surface area is 150 Å². The number of anilines is 1. The first-order chi connectivity index (χ1) is 10.7. The fourth-order valence-corrected chi connectivity index (χ4v) is 2.70. The van der Waals surface area contributed by atoms with E-state index in [4.69, 9.17) is 27.9 Å². The van der Waals surface area contributed by atoms with E-state index in [1.54, 1.807) is 39.0 Å². The summed E-state index contributed by atoms with van der Waals surface area (Å²) in [6.07, 6.45) is -0.462. The van der Waals surface area contributed by atoms with Crippen molar-refractivity contribution in [3.8, 4) is 0 Å². The number of thioether (sulfide) groups is 1. The number of alkyl carbamates (subject to hydrolysis) is 1. The van der Waals surface area contributed by atoms with Crippen LogP contribution >= 0.6 is 35.0 Å². The molecule has 23 heavy (non-hydrogen) atoms. The Kier molecular flexibility index (Phi) is 8.02. The topological polar surface area (TPSA) is 67.4 Å². The van der Waals surface area contributed by atoms with Crippen molar-refractivity contribution in [2.24, 2.45) is 0 Å². The van der Waals surface area contributed by atoms with Gasteiger partial charge in [-0.05, 0) is 39.0 Å². The first-order valence-corrected chi connectivity index (χ1v) is 8.87. The molecule has 0 spiro atoms. The monoisotopic (exact) mass is 378 g/mol. The molecule has 2 amide bonds. The van der Waals surface area contributed by atoms with Gasteiger partial charge in [0.25, 0.3) is 0 Å². The molecular formula is C15H20Cl2N2O3S. The number of hydrogen-bond acceptors (Lipinski definition) is 4. The van der Waals surface area contributed by atoms with Gasteiger partial charge in [-0.15, -0.1) is 0 Å². The first kappa shape index (κ1) is 19.9. The molecule has 5 nitrogen and oxygen atoms in total. The third-order valence-corrected chi connectivity index (χ3v) is 3.69. The molecule has 0 heterocycles. The summed E-state index contributed by atoms with van der Waals surface area (Å²) in [5.41, 5.74) is 0.0370. The van der Waals surface area contributed by atoms with Crippen LogP contribution in [-0.2, 0) is 9.53 Å². The van der Waals surface area contributed by atoms with Gasteiger partial charge in [-0.3, -0.25) is 4.79 Å². The van der Waals surface area contributed by atoms with Gasteiger partial charge in [0, 0.05) is 28.0 Å². The maximum Gasteiger partial charge on any atom is 0.407 e. The minimum Gasteiger partial charge on any atom is -0.444 e. The van der Waals surface area contributed by atoms with E-state index in [-0.39, 0.29) is 11.7 Å². The summed E-state index contributed by atoms with van der Waals surface area (Å²) in [6, 6.07) is 4.84. The van der Waals surface area contributed by atoms with Crippen molar-refractivity contribution < 1.29 is 14.3 Å². The molecule has 0 atom stereocenters. The van der Waals surface area contributed by atoms with Gasteiger partial charge in [-0.1, -0.05) is 23.2 Å². The number of rotatable bonds is 6. The normalized spacial score (nSPS) is 11.0. The molecule has 2 N–H and O–H groups in total. The molecular weight excluding hydrogens is 359 g/mol. The van der Waals surface area contributed by atoms with E-state index in [0.29, 0.717) is 28.0 Å². The Morgan fingerprint density at radius 1 is 1.17 bits per heavy atom. The summed E-state index contributed by atoms with van der Waals surface area (Å²) in [6.45, 7) is 5.82. The summed E-state index contributed by atoms with van der Waals surface area (Å²) in [5, 5.41) is 6.26. The summed E-state index contributed by atoms with van der Waals surface area (Å²) in [7, 11) is 0. The zero-order chi connectivity index (χ0) is 17.5. The molecule has 0 bridgehead atoms. The van der Waals surface area contributed by atoms with Crippen molar-refractivity contribution in [1.29, 1.82) is 0 Å². The lowest BCUT2D eigenvalue weighted by Gasteiger charge is -2.19. The van der Waals surface area contributed by atoms with Crippen LogP contribution in [0.3, 0.4) is 0 Å². The minimum atomic E-state index is -0.519. The molecule has 0 aliphatic carbocycles. The van der Waals surface area contributed by atoms with Gasteiger partial charge in [0.1, 0.15) is 5.60 Å². The van der Waals surface area contributed by atoms with E-state index >= 15 is 0 Å². The third kappa shape index (κ3) is 9.58. The van der Waals surface area contributed by atoms with E-state index in [1.165, 1.54) is 11.8 Å². The molecule has 0 fully saturated rings. The summed E-state index contributed by atoms with van der Waals surface area (Å²) >= 11 is 13.1. The van der Waals surface area contributed by atoms with Crippen LogP contribution in [0.1, 0.15) is 20.8 Å². The molecule has 8 heteroatoms. The van der Waals surface area contributed by atoms with Gasteiger partial charge < -0.3 is 15.4 Å². The lowest BCUT2D eigenvalue weighted by molar-refractivity contribution is -0.113. The van der Waals surface area contributed by atoms with Crippen LogP contribution in [0.4, 0.5) is 10.5 Å². The number of ether oxygens (including phenoxy) is 1. The van der Waals surface area contributed by atoms with Crippen molar-refractivity contribution in [2.75, 3.05) is 23.4 Å². The number of amides is 2. The number of carbonyl (C=O) groups excluding carboxylic acids is 2. The molecule has 128 valence electrons. The smallest absolute Gasteiger partial charge is 0.407 e. The Morgan fingerprint density at radius 2 is 1.78 bits per heavy atom. The zero-order valence-corrected chi connectivity index (χ0v) is 15.6. The van der Waals surface area contributed by atoms with Crippen LogP contribution in [0.25, 0.3) is 0 Å². The van der Waals surface area contributed by atoms with Crippen molar-refractivity contribution >= 4 is 52.7 Å².